The predicted molar refractivity (Wildman–Crippen MR) is 89.6 cm³/mol. The number of carbonyl (C=O) groups is 1. The van der Waals surface area contributed by atoms with Crippen LogP contribution in [0.2, 0.25) is 5.02 Å². The van der Waals surface area contributed by atoms with Crippen LogP contribution in [0.3, 0.4) is 0 Å². The predicted octanol–water partition coefficient (Wildman–Crippen LogP) is 4.27. The molecule has 124 valence electrons. The summed E-state index contributed by atoms with van der Waals surface area (Å²) in [6, 6.07) is 5.11. The van der Waals surface area contributed by atoms with Gasteiger partial charge in [-0.3, -0.25) is 4.79 Å². The van der Waals surface area contributed by atoms with Crippen molar-refractivity contribution in [1.82, 2.24) is 5.32 Å². The Balaban J connectivity index is 2.96. The van der Waals surface area contributed by atoms with Crippen LogP contribution in [0.1, 0.15) is 51.4 Å². The van der Waals surface area contributed by atoms with Crippen molar-refractivity contribution in [3.05, 3.63) is 28.8 Å². The Morgan fingerprint density at radius 1 is 1.23 bits per heavy atom. The third kappa shape index (κ3) is 5.85. The van der Waals surface area contributed by atoms with Gasteiger partial charge >= 0.3 is 0 Å². The van der Waals surface area contributed by atoms with Gasteiger partial charge in [-0.25, -0.2) is 0 Å². The summed E-state index contributed by atoms with van der Waals surface area (Å²) >= 11 is 6.13. The van der Waals surface area contributed by atoms with Gasteiger partial charge in [0.1, 0.15) is 0 Å². The molecule has 1 aromatic carbocycles. The lowest BCUT2D eigenvalue weighted by atomic mass is 9.81. The lowest BCUT2D eigenvalue weighted by Crippen LogP contribution is -2.45. The molecule has 0 spiro atoms. The van der Waals surface area contributed by atoms with Crippen LogP contribution in [0.5, 0.6) is 5.75 Å². The first kappa shape index (κ1) is 18.8. The summed E-state index contributed by atoms with van der Waals surface area (Å²) < 4.78 is 10.3. The third-order valence-corrected chi connectivity index (χ3v) is 3.25. The van der Waals surface area contributed by atoms with Crippen LogP contribution in [0.4, 0.5) is 0 Å². The van der Waals surface area contributed by atoms with Crippen LogP contribution >= 0.6 is 11.6 Å². The molecule has 0 bridgehead atoms. The molecule has 0 radical (unpaired) electrons. The van der Waals surface area contributed by atoms with Crippen LogP contribution in [-0.4, -0.2) is 25.3 Å². The minimum absolute atomic E-state index is 0.0371. The first-order valence-corrected chi connectivity index (χ1v) is 7.66. The number of benzene rings is 1. The van der Waals surface area contributed by atoms with E-state index in [0.717, 1.165) is 6.42 Å². The molecule has 1 rings (SSSR count). The molecule has 0 aliphatic carbocycles. The van der Waals surface area contributed by atoms with Crippen LogP contribution in [-0.2, 0) is 4.74 Å². The zero-order chi connectivity index (χ0) is 17.0. The number of carbonyl (C=O) groups excluding carboxylic acids is 1. The SMILES string of the molecule is COCOc1c(Cl)cccc1C(=O)NC(C)(C)CC(C)(C)C. The summed E-state index contributed by atoms with van der Waals surface area (Å²) in [4.78, 5) is 12.6. The summed E-state index contributed by atoms with van der Waals surface area (Å²) in [5, 5.41) is 3.44. The number of para-hydroxylation sites is 1. The van der Waals surface area contributed by atoms with Crippen molar-refractivity contribution in [2.45, 2.75) is 46.6 Å². The van der Waals surface area contributed by atoms with Crippen molar-refractivity contribution >= 4 is 17.5 Å². The molecule has 0 aliphatic heterocycles. The highest BCUT2D eigenvalue weighted by molar-refractivity contribution is 6.32. The number of rotatable bonds is 6. The minimum Gasteiger partial charge on any atom is -0.465 e. The van der Waals surface area contributed by atoms with E-state index in [1.54, 1.807) is 18.2 Å². The van der Waals surface area contributed by atoms with Gasteiger partial charge in [0, 0.05) is 12.6 Å². The maximum absolute atomic E-state index is 12.6. The van der Waals surface area contributed by atoms with E-state index in [-0.39, 0.29) is 23.7 Å². The van der Waals surface area contributed by atoms with E-state index in [9.17, 15) is 4.79 Å². The number of ether oxygens (including phenoxy) is 2. The zero-order valence-corrected chi connectivity index (χ0v) is 15.0. The van der Waals surface area contributed by atoms with Gasteiger partial charge in [0.2, 0.25) is 0 Å². The van der Waals surface area contributed by atoms with E-state index in [4.69, 9.17) is 21.1 Å². The summed E-state index contributed by atoms with van der Waals surface area (Å²) in [6.07, 6.45) is 0.848. The van der Waals surface area contributed by atoms with E-state index in [1.165, 1.54) is 7.11 Å². The molecule has 0 fully saturated rings. The largest absolute Gasteiger partial charge is 0.465 e. The average molecular weight is 328 g/mol. The molecule has 1 amide bonds. The Morgan fingerprint density at radius 2 is 1.86 bits per heavy atom. The Labute approximate surface area is 138 Å². The molecule has 0 saturated carbocycles. The second kappa shape index (κ2) is 7.34. The quantitative estimate of drug-likeness (QED) is 0.794. The summed E-state index contributed by atoms with van der Waals surface area (Å²) in [5.41, 5.74) is 0.183. The molecule has 1 N–H and O–H groups in total. The maximum atomic E-state index is 12.6. The van der Waals surface area contributed by atoms with Crippen molar-refractivity contribution in [1.29, 1.82) is 0 Å². The van der Waals surface area contributed by atoms with Gasteiger partial charge in [-0.15, -0.1) is 0 Å². The monoisotopic (exact) mass is 327 g/mol. The third-order valence-electron chi connectivity index (χ3n) is 2.96. The molecule has 0 atom stereocenters. The van der Waals surface area contributed by atoms with E-state index in [0.29, 0.717) is 16.3 Å². The standard InChI is InChI=1S/C17H26ClNO3/c1-16(2,3)10-17(4,5)19-15(20)12-8-7-9-13(18)14(12)22-11-21-6/h7-9H,10-11H2,1-6H3,(H,19,20). The van der Waals surface area contributed by atoms with Crippen molar-refractivity contribution in [2.75, 3.05) is 13.9 Å². The number of nitrogens with one attached hydrogen (secondary N) is 1. The highest BCUT2D eigenvalue weighted by atomic mass is 35.5. The molecule has 4 nitrogen and oxygen atoms in total. The summed E-state index contributed by atoms with van der Waals surface area (Å²) in [7, 11) is 1.52. The summed E-state index contributed by atoms with van der Waals surface area (Å²) in [6.45, 7) is 10.5. The fraction of sp³-hybridized carbons (Fsp3) is 0.588. The van der Waals surface area contributed by atoms with Crippen LogP contribution in [0.15, 0.2) is 18.2 Å². The van der Waals surface area contributed by atoms with E-state index >= 15 is 0 Å². The van der Waals surface area contributed by atoms with Crippen molar-refractivity contribution < 1.29 is 14.3 Å². The summed E-state index contributed by atoms with van der Waals surface area (Å²) in [5.74, 6) is 0.137. The van der Waals surface area contributed by atoms with Gasteiger partial charge in [-0.2, -0.15) is 0 Å². The Bertz CT molecular complexity index is 521. The molecule has 22 heavy (non-hydrogen) atoms. The van der Waals surface area contributed by atoms with Crippen LogP contribution < -0.4 is 10.1 Å². The Morgan fingerprint density at radius 3 is 2.41 bits per heavy atom. The van der Waals surface area contributed by atoms with Gasteiger partial charge < -0.3 is 14.8 Å². The van der Waals surface area contributed by atoms with Gasteiger partial charge in [-0.1, -0.05) is 38.4 Å². The highest BCUT2D eigenvalue weighted by Crippen LogP contribution is 2.31. The number of hydrogen-bond donors (Lipinski definition) is 1. The molecule has 0 aromatic heterocycles. The first-order valence-electron chi connectivity index (χ1n) is 7.28. The second-order valence-electron chi connectivity index (χ2n) is 7.24. The number of methoxy groups -OCH3 is 1. The van der Waals surface area contributed by atoms with E-state index in [2.05, 4.69) is 26.1 Å². The molecule has 5 heteroatoms. The van der Waals surface area contributed by atoms with Crippen molar-refractivity contribution in [2.24, 2.45) is 5.41 Å². The number of amides is 1. The van der Waals surface area contributed by atoms with Crippen molar-refractivity contribution in [3.63, 3.8) is 0 Å². The van der Waals surface area contributed by atoms with E-state index < -0.39 is 0 Å². The fourth-order valence-electron chi connectivity index (χ4n) is 2.70. The van der Waals surface area contributed by atoms with Crippen molar-refractivity contribution in [3.8, 4) is 5.75 Å². The fourth-order valence-corrected chi connectivity index (χ4v) is 2.93. The normalized spacial score (nSPS) is 12.1. The lowest BCUT2D eigenvalue weighted by molar-refractivity contribution is 0.0500. The maximum Gasteiger partial charge on any atom is 0.255 e. The van der Waals surface area contributed by atoms with Crippen LogP contribution in [0.25, 0.3) is 0 Å². The second-order valence-corrected chi connectivity index (χ2v) is 7.65. The van der Waals surface area contributed by atoms with Gasteiger partial charge in [0.25, 0.3) is 5.91 Å². The van der Waals surface area contributed by atoms with Gasteiger partial charge in [0.15, 0.2) is 12.5 Å². The zero-order valence-electron chi connectivity index (χ0n) is 14.2. The molecule has 1 aromatic rings. The Kier molecular flexibility index (Phi) is 6.27. The molecular formula is C17H26ClNO3. The topological polar surface area (TPSA) is 47.6 Å². The molecule has 0 unspecified atom stereocenters. The molecule has 0 heterocycles. The minimum atomic E-state index is -0.337. The smallest absolute Gasteiger partial charge is 0.255 e. The molecule has 0 aliphatic rings. The van der Waals surface area contributed by atoms with Gasteiger partial charge in [0.05, 0.1) is 10.6 Å². The number of hydrogen-bond acceptors (Lipinski definition) is 3. The van der Waals surface area contributed by atoms with Crippen LogP contribution in [0, 0.1) is 5.41 Å². The number of halogens is 1. The highest BCUT2D eigenvalue weighted by Gasteiger charge is 2.28. The first-order chi connectivity index (χ1) is 10.1. The molecular weight excluding hydrogens is 302 g/mol. The average Bonchev–Trinajstić information content (AvgIpc) is 2.33. The van der Waals surface area contributed by atoms with E-state index in [1.807, 2.05) is 13.8 Å². The molecule has 0 saturated heterocycles. The Hall–Kier alpha value is -1.26. The lowest BCUT2D eigenvalue weighted by Gasteiger charge is -2.33. The van der Waals surface area contributed by atoms with Gasteiger partial charge in [-0.05, 0) is 37.8 Å².